The van der Waals surface area contributed by atoms with Crippen molar-refractivity contribution < 1.29 is 4.79 Å². The zero-order chi connectivity index (χ0) is 16.3. The Morgan fingerprint density at radius 1 is 0.952 bits per heavy atom. The van der Waals surface area contributed by atoms with Gasteiger partial charge in [-0.2, -0.15) is 0 Å². The Morgan fingerprint density at radius 3 is 2.05 bits per heavy atom. The summed E-state index contributed by atoms with van der Waals surface area (Å²) in [4.78, 5) is 16.9. The first-order valence-corrected chi connectivity index (χ1v) is 8.72. The van der Waals surface area contributed by atoms with Crippen LogP contribution in [0.2, 0.25) is 0 Å². The Balaban J connectivity index is 4.10. The smallest absolute Gasteiger partial charge is 0.225 e. The average Bonchev–Trinajstić information content (AvgIpc) is 2.46. The van der Waals surface area contributed by atoms with Gasteiger partial charge in [0.2, 0.25) is 5.91 Å². The van der Waals surface area contributed by atoms with Crippen LogP contribution in [0.15, 0.2) is 0 Å². The third kappa shape index (κ3) is 9.10. The maximum atomic E-state index is 12.4. The zero-order valence-electron chi connectivity index (χ0n) is 14.9. The van der Waals surface area contributed by atoms with Crippen molar-refractivity contribution >= 4 is 5.91 Å². The molecule has 0 saturated carbocycles. The summed E-state index contributed by atoms with van der Waals surface area (Å²) in [5.74, 6) is 0.430. The molecule has 2 atom stereocenters. The van der Waals surface area contributed by atoms with Gasteiger partial charge in [0.1, 0.15) is 0 Å². The number of amides is 1. The van der Waals surface area contributed by atoms with Crippen molar-refractivity contribution in [1.29, 1.82) is 0 Å². The topological polar surface area (TPSA) is 49.6 Å². The van der Waals surface area contributed by atoms with Gasteiger partial charge in [-0.05, 0) is 52.7 Å². The van der Waals surface area contributed by atoms with Gasteiger partial charge in [0, 0.05) is 25.0 Å². The second-order valence-corrected chi connectivity index (χ2v) is 6.11. The number of nitrogens with two attached hydrogens (primary N) is 1. The molecule has 0 aromatic carbocycles. The Kier molecular flexibility index (Phi) is 11.6. The molecule has 1 amide bonds. The first-order chi connectivity index (χ1) is 9.96. The second kappa shape index (κ2) is 12.0. The minimum atomic E-state index is 0.122. The average molecular weight is 300 g/mol. The van der Waals surface area contributed by atoms with E-state index in [-0.39, 0.29) is 12.0 Å². The Bertz CT molecular complexity index is 265. The van der Waals surface area contributed by atoms with E-state index in [1.165, 1.54) is 0 Å². The van der Waals surface area contributed by atoms with Gasteiger partial charge in [-0.25, -0.2) is 0 Å². The third-order valence-electron chi connectivity index (χ3n) is 4.21. The highest BCUT2D eigenvalue weighted by molar-refractivity contribution is 5.78. The van der Waals surface area contributed by atoms with E-state index in [1.807, 2.05) is 11.8 Å². The van der Waals surface area contributed by atoms with Crippen LogP contribution in [-0.2, 0) is 4.79 Å². The van der Waals surface area contributed by atoms with Crippen molar-refractivity contribution in [3.05, 3.63) is 0 Å². The Morgan fingerprint density at radius 2 is 1.57 bits per heavy atom. The van der Waals surface area contributed by atoms with Crippen LogP contribution in [-0.4, -0.2) is 54.5 Å². The van der Waals surface area contributed by atoms with Crippen LogP contribution in [0.1, 0.15) is 60.3 Å². The molecule has 0 saturated heterocycles. The molecule has 0 aliphatic heterocycles. The molecule has 0 bridgehead atoms. The van der Waals surface area contributed by atoms with Crippen molar-refractivity contribution in [2.45, 2.75) is 66.3 Å². The lowest BCUT2D eigenvalue weighted by Gasteiger charge is -2.26. The van der Waals surface area contributed by atoms with Crippen LogP contribution in [0.4, 0.5) is 0 Å². The number of carbonyl (C=O) groups excluding carboxylic acids is 1. The molecule has 0 aromatic heterocycles. The molecule has 0 fully saturated rings. The van der Waals surface area contributed by atoms with Gasteiger partial charge < -0.3 is 15.5 Å². The standard InChI is InChI=1S/C17H37N3O/c1-6-19(7-2)13-10-14-20(8-3)17(21)15(4)11-9-12-16(5)18/h15-16H,6-14,18H2,1-5H3. The van der Waals surface area contributed by atoms with E-state index in [2.05, 4.69) is 32.6 Å². The fraction of sp³-hybridized carbons (Fsp3) is 0.941. The van der Waals surface area contributed by atoms with Crippen molar-refractivity contribution in [2.75, 3.05) is 32.7 Å². The first-order valence-electron chi connectivity index (χ1n) is 8.72. The Hall–Kier alpha value is -0.610. The fourth-order valence-corrected chi connectivity index (χ4v) is 2.63. The van der Waals surface area contributed by atoms with Gasteiger partial charge in [0.15, 0.2) is 0 Å². The van der Waals surface area contributed by atoms with Gasteiger partial charge in [0.05, 0.1) is 0 Å². The molecule has 0 radical (unpaired) electrons. The maximum Gasteiger partial charge on any atom is 0.225 e. The van der Waals surface area contributed by atoms with Gasteiger partial charge >= 0.3 is 0 Å². The molecule has 0 spiro atoms. The van der Waals surface area contributed by atoms with Gasteiger partial charge in [0.25, 0.3) is 0 Å². The first kappa shape index (κ1) is 20.4. The monoisotopic (exact) mass is 299 g/mol. The van der Waals surface area contributed by atoms with Crippen molar-refractivity contribution in [3.63, 3.8) is 0 Å². The van der Waals surface area contributed by atoms with E-state index < -0.39 is 0 Å². The Labute approximate surface area is 132 Å². The van der Waals surface area contributed by atoms with Crippen LogP contribution >= 0.6 is 0 Å². The van der Waals surface area contributed by atoms with Crippen molar-refractivity contribution in [3.8, 4) is 0 Å². The molecule has 126 valence electrons. The van der Waals surface area contributed by atoms with E-state index >= 15 is 0 Å². The highest BCUT2D eigenvalue weighted by Gasteiger charge is 2.18. The summed E-state index contributed by atoms with van der Waals surface area (Å²) in [7, 11) is 0. The summed E-state index contributed by atoms with van der Waals surface area (Å²) in [6.45, 7) is 15.5. The summed E-state index contributed by atoms with van der Waals surface area (Å²) in [5, 5.41) is 0. The number of carbonyl (C=O) groups is 1. The SMILES string of the molecule is CCN(CC)CCCN(CC)C(=O)C(C)CCCC(C)N. The largest absolute Gasteiger partial charge is 0.343 e. The number of nitrogens with zero attached hydrogens (tertiary/aromatic N) is 2. The predicted octanol–water partition coefficient (Wildman–Crippen LogP) is 2.72. The lowest BCUT2D eigenvalue weighted by Crippen LogP contribution is -2.37. The van der Waals surface area contributed by atoms with Gasteiger partial charge in [-0.1, -0.05) is 27.2 Å². The molecule has 4 nitrogen and oxygen atoms in total. The highest BCUT2D eigenvalue weighted by Crippen LogP contribution is 2.13. The van der Waals surface area contributed by atoms with Gasteiger partial charge in [-0.15, -0.1) is 0 Å². The fourth-order valence-electron chi connectivity index (χ4n) is 2.63. The molecule has 2 unspecified atom stereocenters. The van der Waals surface area contributed by atoms with E-state index in [0.29, 0.717) is 5.91 Å². The lowest BCUT2D eigenvalue weighted by atomic mass is 10.0. The van der Waals surface area contributed by atoms with Crippen molar-refractivity contribution in [1.82, 2.24) is 9.80 Å². The van der Waals surface area contributed by atoms with Crippen LogP contribution < -0.4 is 5.73 Å². The molecule has 4 heteroatoms. The third-order valence-corrected chi connectivity index (χ3v) is 4.21. The summed E-state index contributed by atoms with van der Waals surface area (Å²) < 4.78 is 0. The van der Waals surface area contributed by atoms with E-state index in [0.717, 1.165) is 58.4 Å². The molecule has 0 rings (SSSR count). The van der Waals surface area contributed by atoms with Crippen LogP contribution in [0.3, 0.4) is 0 Å². The molecule has 2 N–H and O–H groups in total. The van der Waals surface area contributed by atoms with E-state index in [4.69, 9.17) is 5.73 Å². The number of rotatable bonds is 12. The minimum absolute atomic E-state index is 0.122. The van der Waals surface area contributed by atoms with Crippen LogP contribution in [0.5, 0.6) is 0 Å². The molecule has 0 aromatic rings. The quantitative estimate of drug-likeness (QED) is 0.603. The molecule has 0 aliphatic carbocycles. The minimum Gasteiger partial charge on any atom is -0.343 e. The summed E-state index contributed by atoms with van der Waals surface area (Å²) in [5.41, 5.74) is 5.76. The van der Waals surface area contributed by atoms with Crippen LogP contribution in [0, 0.1) is 5.92 Å². The van der Waals surface area contributed by atoms with Crippen molar-refractivity contribution in [2.24, 2.45) is 11.7 Å². The predicted molar refractivity (Wildman–Crippen MR) is 91.3 cm³/mol. The van der Waals surface area contributed by atoms with Gasteiger partial charge in [-0.3, -0.25) is 4.79 Å². The normalized spacial score (nSPS) is 14.2. The number of hydrogen-bond acceptors (Lipinski definition) is 3. The lowest BCUT2D eigenvalue weighted by molar-refractivity contribution is -0.135. The molecule has 0 heterocycles. The molecular weight excluding hydrogens is 262 g/mol. The van der Waals surface area contributed by atoms with E-state index in [9.17, 15) is 4.79 Å². The second-order valence-electron chi connectivity index (χ2n) is 6.11. The summed E-state index contributed by atoms with van der Waals surface area (Å²) in [6, 6.07) is 0.239. The van der Waals surface area contributed by atoms with E-state index in [1.54, 1.807) is 0 Å². The van der Waals surface area contributed by atoms with Crippen LogP contribution in [0.25, 0.3) is 0 Å². The molecule has 0 aliphatic rings. The summed E-state index contributed by atoms with van der Waals surface area (Å²) in [6.07, 6.45) is 4.06. The highest BCUT2D eigenvalue weighted by atomic mass is 16.2. The molecular formula is C17H37N3O. The maximum absolute atomic E-state index is 12.4. The number of hydrogen-bond donors (Lipinski definition) is 1. The summed E-state index contributed by atoms with van der Waals surface area (Å²) >= 11 is 0. The molecule has 21 heavy (non-hydrogen) atoms. The zero-order valence-corrected chi connectivity index (χ0v) is 14.9.